The molecule has 0 bridgehead atoms. The lowest BCUT2D eigenvalue weighted by molar-refractivity contribution is 0.105. The fourth-order valence-corrected chi connectivity index (χ4v) is 2.09. The lowest BCUT2D eigenvalue weighted by Crippen LogP contribution is -2.10. The molecule has 2 rings (SSSR count). The molecule has 0 unspecified atom stereocenters. The summed E-state index contributed by atoms with van der Waals surface area (Å²) in [6.45, 7) is 4.82. The molecular weight excluding hydrogens is 270 g/mol. The van der Waals surface area contributed by atoms with E-state index in [9.17, 15) is 4.79 Å². The Bertz CT molecular complexity index is 667. The van der Waals surface area contributed by atoms with Crippen LogP contribution in [-0.4, -0.2) is 31.3 Å². The van der Waals surface area contributed by atoms with E-state index in [0.717, 1.165) is 17.7 Å². The molecule has 0 saturated carbocycles. The molecule has 0 aliphatic heterocycles. The Labute approximate surface area is 132 Å². The van der Waals surface area contributed by atoms with Crippen molar-refractivity contribution >= 4 is 17.4 Å². The maximum absolute atomic E-state index is 12.4. The SMILES string of the molecule is C=C(C(=O)c1ccc(/C=C/CN(C)C)cc1)c1ccccc1. The third-order valence-electron chi connectivity index (χ3n) is 3.35. The van der Waals surface area contributed by atoms with Gasteiger partial charge < -0.3 is 4.90 Å². The minimum Gasteiger partial charge on any atom is -0.306 e. The molecule has 0 N–H and O–H groups in total. The highest BCUT2D eigenvalue weighted by Gasteiger charge is 2.11. The zero-order valence-electron chi connectivity index (χ0n) is 13.1. The second kappa shape index (κ2) is 7.53. The van der Waals surface area contributed by atoms with E-state index in [0.29, 0.717) is 11.1 Å². The largest absolute Gasteiger partial charge is 0.306 e. The molecule has 0 spiro atoms. The Balaban J connectivity index is 2.08. The van der Waals surface area contributed by atoms with Crippen molar-refractivity contribution in [2.75, 3.05) is 20.6 Å². The number of benzene rings is 2. The molecular formula is C20H21NO. The zero-order valence-corrected chi connectivity index (χ0v) is 13.1. The number of rotatable bonds is 6. The highest BCUT2D eigenvalue weighted by atomic mass is 16.1. The van der Waals surface area contributed by atoms with Crippen LogP contribution >= 0.6 is 0 Å². The predicted molar refractivity (Wildman–Crippen MR) is 93.8 cm³/mol. The lowest BCUT2D eigenvalue weighted by Gasteiger charge is -2.06. The number of likely N-dealkylation sites (N-methyl/N-ethyl adjacent to an activating group) is 1. The molecule has 2 nitrogen and oxygen atoms in total. The maximum atomic E-state index is 12.4. The van der Waals surface area contributed by atoms with Gasteiger partial charge in [-0.15, -0.1) is 0 Å². The first kappa shape index (κ1) is 15.9. The van der Waals surface area contributed by atoms with Gasteiger partial charge in [0.25, 0.3) is 0 Å². The molecule has 2 heteroatoms. The van der Waals surface area contributed by atoms with Gasteiger partial charge >= 0.3 is 0 Å². The summed E-state index contributed by atoms with van der Waals surface area (Å²) in [5, 5.41) is 0. The Kier molecular flexibility index (Phi) is 5.45. The quantitative estimate of drug-likeness (QED) is 0.588. The van der Waals surface area contributed by atoms with Gasteiger partial charge in [-0.25, -0.2) is 0 Å². The van der Waals surface area contributed by atoms with Gasteiger partial charge in [-0.3, -0.25) is 4.79 Å². The summed E-state index contributed by atoms with van der Waals surface area (Å²) in [5.41, 5.74) is 3.14. The van der Waals surface area contributed by atoms with Gasteiger partial charge in [-0.1, -0.05) is 73.3 Å². The smallest absolute Gasteiger partial charge is 0.193 e. The second-order valence-corrected chi connectivity index (χ2v) is 5.46. The van der Waals surface area contributed by atoms with Gasteiger partial charge in [0.1, 0.15) is 0 Å². The third-order valence-corrected chi connectivity index (χ3v) is 3.35. The van der Waals surface area contributed by atoms with E-state index in [1.165, 1.54) is 0 Å². The van der Waals surface area contributed by atoms with Crippen molar-refractivity contribution in [3.63, 3.8) is 0 Å². The van der Waals surface area contributed by atoms with Crippen LogP contribution in [0.3, 0.4) is 0 Å². The first-order chi connectivity index (χ1) is 10.6. The van der Waals surface area contributed by atoms with Crippen molar-refractivity contribution in [2.45, 2.75) is 0 Å². The molecule has 112 valence electrons. The molecule has 0 aliphatic rings. The van der Waals surface area contributed by atoms with Gasteiger partial charge in [0.2, 0.25) is 0 Å². The van der Waals surface area contributed by atoms with Crippen molar-refractivity contribution in [3.8, 4) is 0 Å². The summed E-state index contributed by atoms with van der Waals surface area (Å²) < 4.78 is 0. The fraction of sp³-hybridized carbons (Fsp3) is 0.150. The second-order valence-electron chi connectivity index (χ2n) is 5.46. The molecule has 0 heterocycles. The van der Waals surface area contributed by atoms with Crippen LogP contribution in [0.2, 0.25) is 0 Å². The fourth-order valence-electron chi connectivity index (χ4n) is 2.09. The predicted octanol–water partition coefficient (Wildman–Crippen LogP) is 4.16. The zero-order chi connectivity index (χ0) is 15.9. The van der Waals surface area contributed by atoms with Crippen molar-refractivity contribution in [1.29, 1.82) is 0 Å². The van der Waals surface area contributed by atoms with E-state index in [1.807, 2.05) is 68.7 Å². The highest BCUT2D eigenvalue weighted by molar-refractivity contribution is 6.28. The molecule has 0 aliphatic carbocycles. The molecule has 0 fully saturated rings. The molecule has 22 heavy (non-hydrogen) atoms. The van der Waals surface area contributed by atoms with Crippen LogP contribution in [0.1, 0.15) is 21.5 Å². The number of nitrogens with zero attached hydrogens (tertiary/aromatic N) is 1. The average Bonchev–Trinajstić information content (AvgIpc) is 2.54. The highest BCUT2D eigenvalue weighted by Crippen LogP contribution is 2.18. The van der Waals surface area contributed by atoms with E-state index in [1.54, 1.807) is 0 Å². The Morgan fingerprint density at radius 1 is 1.00 bits per heavy atom. The Morgan fingerprint density at radius 3 is 2.23 bits per heavy atom. The van der Waals surface area contributed by atoms with Crippen LogP contribution in [0, 0.1) is 0 Å². The van der Waals surface area contributed by atoms with Gasteiger partial charge in [0.05, 0.1) is 0 Å². The van der Waals surface area contributed by atoms with Crippen LogP contribution in [0.15, 0.2) is 67.3 Å². The normalized spacial score (nSPS) is 11.0. The molecule has 0 radical (unpaired) electrons. The van der Waals surface area contributed by atoms with Gasteiger partial charge in [0, 0.05) is 17.7 Å². The Hall–Kier alpha value is -2.45. The van der Waals surface area contributed by atoms with Crippen LogP contribution in [-0.2, 0) is 0 Å². The average molecular weight is 291 g/mol. The third kappa shape index (κ3) is 4.27. The number of allylic oxidation sites excluding steroid dienone is 1. The minimum atomic E-state index is -0.0324. The molecule has 2 aromatic carbocycles. The van der Waals surface area contributed by atoms with Crippen molar-refractivity contribution in [2.24, 2.45) is 0 Å². The summed E-state index contributed by atoms with van der Waals surface area (Å²) >= 11 is 0. The Morgan fingerprint density at radius 2 is 1.64 bits per heavy atom. The summed E-state index contributed by atoms with van der Waals surface area (Å²) in [7, 11) is 4.06. The van der Waals surface area contributed by atoms with E-state index >= 15 is 0 Å². The standard InChI is InChI=1S/C20H21NO/c1-16(18-9-5-4-6-10-18)20(22)19-13-11-17(12-14-19)8-7-15-21(2)3/h4-14H,1,15H2,2-3H3/b8-7+. The van der Waals surface area contributed by atoms with E-state index in [4.69, 9.17) is 0 Å². The molecule has 0 saturated heterocycles. The summed E-state index contributed by atoms with van der Waals surface area (Å²) in [4.78, 5) is 14.5. The maximum Gasteiger partial charge on any atom is 0.193 e. The summed E-state index contributed by atoms with van der Waals surface area (Å²) in [5.74, 6) is -0.0324. The summed E-state index contributed by atoms with van der Waals surface area (Å²) in [6.07, 6.45) is 4.15. The number of ketones is 1. The monoisotopic (exact) mass is 291 g/mol. The van der Waals surface area contributed by atoms with Crippen molar-refractivity contribution in [3.05, 3.63) is 83.9 Å². The van der Waals surface area contributed by atoms with Crippen molar-refractivity contribution < 1.29 is 4.79 Å². The van der Waals surface area contributed by atoms with E-state index in [2.05, 4.69) is 23.6 Å². The van der Waals surface area contributed by atoms with Gasteiger partial charge in [0.15, 0.2) is 5.78 Å². The number of Topliss-reactive ketones (excluding diaryl/α,β-unsaturated/α-hetero) is 1. The molecule has 2 aromatic rings. The minimum absolute atomic E-state index is 0.0324. The topological polar surface area (TPSA) is 20.3 Å². The van der Waals surface area contributed by atoms with Crippen molar-refractivity contribution in [1.82, 2.24) is 4.90 Å². The number of hydrogen-bond acceptors (Lipinski definition) is 2. The first-order valence-corrected chi connectivity index (χ1v) is 7.28. The lowest BCUT2D eigenvalue weighted by atomic mass is 9.97. The van der Waals surface area contributed by atoms with Gasteiger partial charge in [-0.05, 0) is 25.2 Å². The number of hydrogen-bond donors (Lipinski definition) is 0. The van der Waals surface area contributed by atoms with E-state index < -0.39 is 0 Å². The van der Waals surface area contributed by atoms with Crippen LogP contribution in [0.4, 0.5) is 0 Å². The molecule has 0 amide bonds. The van der Waals surface area contributed by atoms with E-state index in [-0.39, 0.29) is 5.78 Å². The summed E-state index contributed by atoms with van der Waals surface area (Å²) in [6, 6.07) is 17.2. The first-order valence-electron chi connectivity index (χ1n) is 7.28. The number of carbonyl (C=O) groups is 1. The van der Waals surface area contributed by atoms with Crippen LogP contribution in [0.25, 0.3) is 11.6 Å². The molecule has 0 atom stereocenters. The van der Waals surface area contributed by atoms with Gasteiger partial charge in [-0.2, -0.15) is 0 Å². The number of carbonyl (C=O) groups excluding carboxylic acids is 1. The van der Waals surface area contributed by atoms with Crippen LogP contribution < -0.4 is 0 Å². The van der Waals surface area contributed by atoms with Crippen LogP contribution in [0.5, 0.6) is 0 Å². The molecule has 0 aromatic heterocycles.